The molecule has 5 heteroatoms. The highest BCUT2D eigenvalue weighted by Crippen LogP contribution is 2.56. The zero-order valence-electron chi connectivity index (χ0n) is 11.9. The molecule has 0 amide bonds. The van der Waals surface area contributed by atoms with E-state index in [-0.39, 0.29) is 17.4 Å². The van der Waals surface area contributed by atoms with Gasteiger partial charge in [-0.05, 0) is 30.5 Å². The Labute approximate surface area is 110 Å². The lowest BCUT2D eigenvalue weighted by atomic mass is 10.0. The molecule has 0 aliphatic heterocycles. The maximum Gasteiger partial charge on any atom is 0.311 e. The second kappa shape index (κ2) is 4.67. The van der Waals surface area contributed by atoms with E-state index in [9.17, 15) is 9.90 Å². The van der Waals surface area contributed by atoms with Gasteiger partial charge in [-0.1, -0.05) is 20.8 Å². The topological polar surface area (TPSA) is 70.3 Å². The molecule has 0 aromatic rings. The molecule has 0 saturated heterocycles. The van der Waals surface area contributed by atoms with Gasteiger partial charge in [-0.25, -0.2) is 0 Å². The number of hydrogen-bond acceptors (Lipinski definition) is 3. The number of carboxylic acids is 1. The van der Waals surface area contributed by atoms with Gasteiger partial charge in [-0.15, -0.1) is 0 Å². The van der Waals surface area contributed by atoms with Gasteiger partial charge in [0.25, 0.3) is 0 Å². The van der Waals surface area contributed by atoms with Crippen LogP contribution in [0.5, 0.6) is 0 Å². The Morgan fingerprint density at radius 3 is 2.50 bits per heavy atom. The monoisotopic (exact) mass is 269 g/mol. The van der Waals surface area contributed by atoms with Crippen LogP contribution in [0.25, 0.3) is 0 Å². The van der Waals surface area contributed by atoms with Crippen molar-refractivity contribution >= 4 is 14.3 Å². The van der Waals surface area contributed by atoms with Crippen LogP contribution in [-0.2, 0) is 9.22 Å². The van der Waals surface area contributed by atoms with E-state index in [1.807, 2.05) is 6.07 Å². The fraction of sp³-hybridized carbons (Fsp3) is 0.846. The predicted molar refractivity (Wildman–Crippen MR) is 71.6 cm³/mol. The Balaban J connectivity index is 2.58. The van der Waals surface area contributed by atoms with Crippen molar-refractivity contribution in [3.8, 4) is 6.07 Å². The minimum atomic E-state index is -1.82. The van der Waals surface area contributed by atoms with Gasteiger partial charge in [0.1, 0.15) is 0 Å². The molecule has 4 nitrogen and oxygen atoms in total. The SMILES string of the molecule is CC(C)(C)[Si](C)(C)OC[C@H]1C[C@]1(CC#N)C(=O)O. The molecule has 2 atom stereocenters. The number of carbonyl (C=O) groups is 1. The van der Waals surface area contributed by atoms with Gasteiger partial charge in [0.15, 0.2) is 8.32 Å². The van der Waals surface area contributed by atoms with Gasteiger partial charge in [-0.3, -0.25) is 4.79 Å². The molecule has 1 N–H and O–H groups in total. The highest BCUT2D eigenvalue weighted by atomic mass is 28.4. The van der Waals surface area contributed by atoms with E-state index in [2.05, 4.69) is 33.9 Å². The Morgan fingerprint density at radius 1 is 1.56 bits per heavy atom. The van der Waals surface area contributed by atoms with E-state index < -0.39 is 19.7 Å². The average Bonchev–Trinajstić information content (AvgIpc) is 2.89. The lowest BCUT2D eigenvalue weighted by Crippen LogP contribution is -2.41. The predicted octanol–water partition coefficient (Wildman–Crippen LogP) is 3.01. The molecule has 102 valence electrons. The van der Waals surface area contributed by atoms with Crippen LogP contribution < -0.4 is 0 Å². The maximum atomic E-state index is 11.2. The fourth-order valence-corrected chi connectivity index (χ4v) is 2.87. The zero-order chi connectivity index (χ0) is 14.2. The first-order valence-electron chi connectivity index (χ1n) is 6.31. The van der Waals surface area contributed by atoms with Gasteiger partial charge in [0.05, 0.1) is 17.9 Å². The highest BCUT2D eigenvalue weighted by Gasteiger charge is 2.60. The van der Waals surface area contributed by atoms with Crippen LogP contribution in [0.1, 0.15) is 33.6 Å². The van der Waals surface area contributed by atoms with Gasteiger partial charge < -0.3 is 9.53 Å². The maximum absolute atomic E-state index is 11.2. The lowest BCUT2D eigenvalue weighted by Gasteiger charge is -2.36. The molecular weight excluding hydrogens is 246 g/mol. The molecule has 0 unspecified atom stereocenters. The highest BCUT2D eigenvalue weighted by molar-refractivity contribution is 6.74. The van der Waals surface area contributed by atoms with Gasteiger partial charge in [-0.2, -0.15) is 5.26 Å². The first kappa shape index (κ1) is 15.2. The summed E-state index contributed by atoms with van der Waals surface area (Å²) in [5.74, 6) is -0.850. The quantitative estimate of drug-likeness (QED) is 0.779. The van der Waals surface area contributed by atoms with Gasteiger partial charge in [0, 0.05) is 6.61 Å². The standard InChI is InChI=1S/C13H23NO3Si/c1-12(2,3)18(4,5)17-9-10-8-13(10,6-7-14)11(15)16/h10H,6,8-9H2,1-5H3,(H,15,16)/t10-,13+/m1/s1. The summed E-state index contributed by atoms with van der Waals surface area (Å²) in [4.78, 5) is 11.2. The first-order chi connectivity index (χ1) is 8.07. The van der Waals surface area contributed by atoms with Crippen LogP contribution in [0.4, 0.5) is 0 Å². The molecule has 0 bridgehead atoms. The van der Waals surface area contributed by atoms with Crippen LogP contribution in [0, 0.1) is 22.7 Å². The van der Waals surface area contributed by atoms with Crippen molar-refractivity contribution in [3.63, 3.8) is 0 Å². The number of nitrogens with zero attached hydrogens (tertiary/aromatic N) is 1. The molecule has 1 saturated carbocycles. The minimum absolute atomic E-state index is 0.00350. The Kier molecular flexibility index (Phi) is 3.94. The van der Waals surface area contributed by atoms with Gasteiger partial charge in [0.2, 0.25) is 0 Å². The summed E-state index contributed by atoms with van der Waals surface area (Å²) in [6, 6.07) is 1.98. The molecule has 0 aromatic carbocycles. The molecule has 1 aliphatic rings. The van der Waals surface area contributed by atoms with E-state index in [0.717, 1.165) is 0 Å². The van der Waals surface area contributed by atoms with E-state index >= 15 is 0 Å². The number of nitriles is 1. The van der Waals surface area contributed by atoms with Crippen molar-refractivity contribution in [2.75, 3.05) is 6.61 Å². The normalized spacial score (nSPS) is 27.7. The summed E-state index contributed by atoms with van der Waals surface area (Å²) in [5.41, 5.74) is -0.836. The third-order valence-electron chi connectivity index (χ3n) is 4.50. The molecule has 18 heavy (non-hydrogen) atoms. The molecule has 1 rings (SSSR count). The third kappa shape index (κ3) is 2.75. The van der Waals surface area contributed by atoms with Crippen molar-refractivity contribution < 1.29 is 14.3 Å². The first-order valence-corrected chi connectivity index (χ1v) is 9.22. The molecule has 0 heterocycles. The van der Waals surface area contributed by atoms with Crippen LogP contribution in [0.2, 0.25) is 18.1 Å². The average molecular weight is 269 g/mol. The summed E-state index contributed by atoms with van der Waals surface area (Å²) in [7, 11) is -1.82. The van der Waals surface area contributed by atoms with E-state index in [4.69, 9.17) is 9.69 Å². The molecule has 0 spiro atoms. The second-order valence-corrected chi connectivity index (χ2v) is 11.6. The molecule has 1 fully saturated rings. The van der Waals surface area contributed by atoms with E-state index in [1.54, 1.807) is 0 Å². The van der Waals surface area contributed by atoms with Crippen molar-refractivity contribution in [1.82, 2.24) is 0 Å². The van der Waals surface area contributed by atoms with Crippen molar-refractivity contribution in [2.45, 2.75) is 51.7 Å². The van der Waals surface area contributed by atoms with E-state index in [1.165, 1.54) is 0 Å². The van der Waals surface area contributed by atoms with Crippen LogP contribution in [0.15, 0.2) is 0 Å². The fourth-order valence-electron chi connectivity index (χ4n) is 1.82. The van der Waals surface area contributed by atoms with Crippen molar-refractivity contribution in [3.05, 3.63) is 0 Å². The third-order valence-corrected chi connectivity index (χ3v) is 9.00. The van der Waals surface area contributed by atoms with E-state index in [0.29, 0.717) is 13.0 Å². The smallest absolute Gasteiger partial charge is 0.311 e. The molecule has 0 radical (unpaired) electrons. The number of aliphatic carboxylic acids is 1. The van der Waals surface area contributed by atoms with Crippen LogP contribution in [0.3, 0.4) is 0 Å². The van der Waals surface area contributed by atoms with Crippen molar-refractivity contribution in [1.29, 1.82) is 5.26 Å². The summed E-state index contributed by atoms with van der Waals surface area (Å²) in [6.45, 7) is 11.3. The molecule has 1 aliphatic carbocycles. The summed E-state index contributed by atoms with van der Waals surface area (Å²) >= 11 is 0. The molecular formula is C13H23NO3Si. The molecule has 0 aromatic heterocycles. The summed E-state index contributed by atoms with van der Waals surface area (Å²) < 4.78 is 6.04. The van der Waals surface area contributed by atoms with Crippen molar-refractivity contribution in [2.24, 2.45) is 11.3 Å². The Bertz CT molecular complexity index is 381. The zero-order valence-corrected chi connectivity index (χ0v) is 12.9. The minimum Gasteiger partial charge on any atom is -0.481 e. The van der Waals surface area contributed by atoms with Gasteiger partial charge >= 0.3 is 5.97 Å². The van der Waals surface area contributed by atoms with Crippen LogP contribution in [-0.4, -0.2) is 26.0 Å². The largest absolute Gasteiger partial charge is 0.481 e. The lowest BCUT2D eigenvalue weighted by molar-refractivity contribution is -0.144. The number of hydrogen-bond donors (Lipinski definition) is 1. The Morgan fingerprint density at radius 2 is 2.11 bits per heavy atom. The second-order valence-electron chi connectivity index (χ2n) is 6.77. The summed E-state index contributed by atoms with van der Waals surface area (Å²) in [6.07, 6.45) is 0.665. The Hall–Kier alpha value is -0.863. The number of carboxylic acid groups (broad SMARTS) is 1. The van der Waals surface area contributed by atoms with Crippen LogP contribution >= 0.6 is 0 Å². The summed E-state index contributed by atoms with van der Waals surface area (Å²) in [5, 5.41) is 18.0. The number of rotatable bonds is 5.